The molecule has 2 N–H and O–H groups in total. The van der Waals surface area contributed by atoms with E-state index in [4.69, 9.17) is 10.2 Å². The molecule has 0 fully saturated rings. The molecule has 0 unspecified atom stereocenters. The molecule has 18 heavy (non-hydrogen) atoms. The fourth-order valence-electron chi connectivity index (χ4n) is 1.80. The highest BCUT2D eigenvalue weighted by Gasteiger charge is 2.09. The van der Waals surface area contributed by atoms with E-state index < -0.39 is 0 Å². The molecule has 2 rings (SSSR count). The van der Waals surface area contributed by atoms with Crippen molar-refractivity contribution in [3.8, 4) is 0 Å². The van der Waals surface area contributed by atoms with Gasteiger partial charge in [-0.15, -0.1) is 0 Å². The van der Waals surface area contributed by atoms with Gasteiger partial charge >= 0.3 is 0 Å². The number of hydrogen-bond acceptors (Lipinski definition) is 4. The van der Waals surface area contributed by atoms with Crippen molar-refractivity contribution in [3.63, 3.8) is 0 Å². The summed E-state index contributed by atoms with van der Waals surface area (Å²) < 4.78 is 5.36. The Hall–Kier alpha value is -1.81. The molecule has 0 saturated carbocycles. The van der Waals surface area contributed by atoms with Gasteiger partial charge in [-0.1, -0.05) is 6.07 Å². The van der Waals surface area contributed by atoms with Crippen molar-refractivity contribution >= 4 is 5.82 Å². The second-order valence-corrected chi connectivity index (χ2v) is 4.33. The van der Waals surface area contributed by atoms with Crippen molar-refractivity contribution in [2.45, 2.75) is 26.4 Å². The number of anilines is 1. The van der Waals surface area contributed by atoms with E-state index in [1.807, 2.05) is 37.4 Å². The van der Waals surface area contributed by atoms with Gasteiger partial charge in [-0.05, 0) is 37.6 Å². The van der Waals surface area contributed by atoms with Crippen LogP contribution in [0.4, 0.5) is 5.82 Å². The van der Waals surface area contributed by atoms with Crippen molar-refractivity contribution in [2.24, 2.45) is 5.73 Å². The maximum absolute atomic E-state index is 5.81. The molecule has 0 aliphatic carbocycles. The molecule has 0 aliphatic rings. The molecular formula is C14H19N3O. The first-order valence-electron chi connectivity index (χ1n) is 6.19. The van der Waals surface area contributed by atoms with E-state index in [1.54, 1.807) is 6.26 Å². The van der Waals surface area contributed by atoms with Gasteiger partial charge < -0.3 is 15.1 Å². The molecule has 0 saturated heterocycles. The minimum absolute atomic E-state index is 0.0201. The van der Waals surface area contributed by atoms with Gasteiger partial charge in [0.15, 0.2) is 0 Å². The van der Waals surface area contributed by atoms with Gasteiger partial charge in [0.2, 0.25) is 0 Å². The molecule has 0 amide bonds. The SMILES string of the molecule is CCN(Cc1ccco1)c1ccc([C@@H](C)N)cn1. The third kappa shape index (κ3) is 2.90. The lowest BCUT2D eigenvalue weighted by atomic mass is 10.1. The second kappa shape index (κ2) is 5.69. The summed E-state index contributed by atoms with van der Waals surface area (Å²) in [6, 6.07) is 7.92. The molecule has 96 valence electrons. The number of hydrogen-bond donors (Lipinski definition) is 1. The highest BCUT2D eigenvalue weighted by molar-refractivity contribution is 5.39. The molecule has 2 aromatic rings. The number of furan rings is 1. The average Bonchev–Trinajstić information content (AvgIpc) is 2.89. The number of nitrogens with zero attached hydrogens (tertiary/aromatic N) is 2. The molecule has 1 atom stereocenters. The van der Waals surface area contributed by atoms with Crippen molar-refractivity contribution in [1.29, 1.82) is 0 Å². The molecule has 4 heteroatoms. The minimum Gasteiger partial charge on any atom is -0.467 e. The number of rotatable bonds is 5. The summed E-state index contributed by atoms with van der Waals surface area (Å²) in [5.41, 5.74) is 6.86. The molecule has 2 heterocycles. The Kier molecular flexibility index (Phi) is 3.99. The summed E-state index contributed by atoms with van der Waals surface area (Å²) in [6.45, 7) is 5.67. The van der Waals surface area contributed by atoms with Crippen molar-refractivity contribution in [3.05, 3.63) is 48.0 Å². The zero-order chi connectivity index (χ0) is 13.0. The van der Waals surface area contributed by atoms with E-state index >= 15 is 0 Å². The van der Waals surface area contributed by atoms with Gasteiger partial charge in [0, 0.05) is 18.8 Å². The number of nitrogens with two attached hydrogens (primary N) is 1. The minimum atomic E-state index is 0.0201. The quantitative estimate of drug-likeness (QED) is 0.880. The van der Waals surface area contributed by atoms with Gasteiger partial charge in [-0.2, -0.15) is 0 Å². The predicted octanol–water partition coefficient (Wildman–Crippen LogP) is 2.72. The zero-order valence-electron chi connectivity index (χ0n) is 10.8. The van der Waals surface area contributed by atoms with Crippen LogP contribution in [0.3, 0.4) is 0 Å². The van der Waals surface area contributed by atoms with Gasteiger partial charge in [-0.25, -0.2) is 4.98 Å². The van der Waals surface area contributed by atoms with Crippen molar-refractivity contribution in [2.75, 3.05) is 11.4 Å². The van der Waals surface area contributed by atoms with E-state index in [1.165, 1.54) is 0 Å². The van der Waals surface area contributed by atoms with E-state index in [0.717, 1.165) is 30.2 Å². The largest absolute Gasteiger partial charge is 0.467 e. The standard InChI is InChI=1S/C14H19N3O/c1-3-17(10-13-5-4-8-18-13)14-7-6-12(9-16-14)11(2)15/h4-9,11H,3,10,15H2,1-2H3/t11-/m1/s1. The molecule has 0 spiro atoms. The maximum atomic E-state index is 5.81. The number of pyridine rings is 1. The summed E-state index contributed by atoms with van der Waals surface area (Å²) >= 11 is 0. The van der Waals surface area contributed by atoms with Crippen LogP contribution in [0.25, 0.3) is 0 Å². The first kappa shape index (κ1) is 12.6. The molecule has 4 nitrogen and oxygen atoms in total. The lowest BCUT2D eigenvalue weighted by molar-refractivity contribution is 0.503. The van der Waals surface area contributed by atoms with Crippen LogP contribution >= 0.6 is 0 Å². The maximum Gasteiger partial charge on any atom is 0.128 e. The van der Waals surface area contributed by atoms with Gasteiger partial charge in [0.1, 0.15) is 11.6 Å². The monoisotopic (exact) mass is 245 g/mol. The molecule has 0 radical (unpaired) electrons. The Labute approximate surface area is 107 Å². The van der Waals surface area contributed by atoms with Gasteiger partial charge in [0.25, 0.3) is 0 Å². The van der Waals surface area contributed by atoms with E-state index in [0.29, 0.717) is 0 Å². The first-order chi connectivity index (χ1) is 8.70. The zero-order valence-corrected chi connectivity index (χ0v) is 10.8. The molecule has 0 bridgehead atoms. The van der Waals surface area contributed by atoms with Crippen LogP contribution in [0.5, 0.6) is 0 Å². The van der Waals surface area contributed by atoms with Crippen LogP contribution in [0.1, 0.15) is 31.2 Å². The Morgan fingerprint density at radius 3 is 2.72 bits per heavy atom. The van der Waals surface area contributed by atoms with E-state index in [2.05, 4.69) is 16.8 Å². The van der Waals surface area contributed by atoms with Crippen LogP contribution in [-0.4, -0.2) is 11.5 Å². The summed E-state index contributed by atoms with van der Waals surface area (Å²) in [5, 5.41) is 0. The molecule has 2 aromatic heterocycles. The first-order valence-corrected chi connectivity index (χ1v) is 6.19. The van der Waals surface area contributed by atoms with Crippen molar-refractivity contribution < 1.29 is 4.42 Å². The predicted molar refractivity (Wildman–Crippen MR) is 72.3 cm³/mol. The summed E-state index contributed by atoms with van der Waals surface area (Å²) in [7, 11) is 0. The lowest BCUT2D eigenvalue weighted by Gasteiger charge is -2.21. The summed E-state index contributed by atoms with van der Waals surface area (Å²) in [4.78, 5) is 6.61. The van der Waals surface area contributed by atoms with Gasteiger partial charge in [-0.3, -0.25) is 0 Å². The van der Waals surface area contributed by atoms with E-state index in [-0.39, 0.29) is 6.04 Å². The van der Waals surface area contributed by atoms with Crippen LogP contribution in [-0.2, 0) is 6.54 Å². The topological polar surface area (TPSA) is 55.3 Å². The van der Waals surface area contributed by atoms with E-state index in [9.17, 15) is 0 Å². The number of aromatic nitrogens is 1. The van der Waals surface area contributed by atoms with Crippen LogP contribution in [0.2, 0.25) is 0 Å². The van der Waals surface area contributed by atoms with Crippen LogP contribution < -0.4 is 10.6 Å². The Balaban J connectivity index is 2.12. The van der Waals surface area contributed by atoms with Crippen molar-refractivity contribution in [1.82, 2.24) is 4.98 Å². The Morgan fingerprint density at radius 2 is 2.22 bits per heavy atom. The fraction of sp³-hybridized carbons (Fsp3) is 0.357. The molecule has 0 aromatic carbocycles. The third-order valence-corrected chi connectivity index (χ3v) is 2.93. The lowest BCUT2D eigenvalue weighted by Crippen LogP contribution is -2.22. The normalized spacial score (nSPS) is 12.4. The fourth-order valence-corrected chi connectivity index (χ4v) is 1.80. The highest BCUT2D eigenvalue weighted by atomic mass is 16.3. The second-order valence-electron chi connectivity index (χ2n) is 4.33. The third-order valence-electron chi connectivity index (χ3n) is 2.93. The summed E-state index contributed by atoms with van der Waals surface area (Å²) in [5.74, 6) is 1.88. The highest BCUT2D eigenvalue weighted by Crippen LogP contribution is 2.17. The smallest absolute Gasteiger partial charge is 0.128 e. The average molecular weight is 245 g/mol. The Bertz CT molecular complexity index is 462. The molecular weight excluding hydrogens is 226 g/mol. The van der Waals surface area contributed by atoms with Crippen LogP contribution in [0.15, 0.2) is 41.1 Å². The Morgan fingerprint density at radius 1 is 1.39 bits per heavy atom. The van der Waals surface area contributed by atoms with Gasteiger partial charge in [0.05, 0.1) is 12.8 Å². The molecule has 0 aliphatic heterocycles. The summed E-state index contributed by atoms with van der Waals surface area (Å²) in [6.07, 6.45) is 3.53. The van der Waals surface area contributed by atoms with Crippen LogP contribution in [0, 0.1) is 0 Å².